The monoisotopic (exact) mass is 210 g/mol. The van der Waals surface area contributed by atoms with Crippen molar-refractivity contribution in [1.29, 1.82) is 0 Å². The number of rotatable bonds is 4. The average molecular weight is 210 g/mol. The van der Waals surface area contributed by atoms with E-state index in [4.69, 9.17) is 5.73 Å². The van der Waals surface area contributed by atoms with Crippen molar-refractivity contribution in [3.05, 3.63) is 12.7 Å². The van der Waals surface area contributed by atoms with Crippen LogP contribution in [-0.4, -0.2) is 17.5 Å². The van der Waals surface area contributed by atoms with E-state index in [1.807, 2.05) is 13.0 Å². The van der Waals surface area contributed by atoms with Crippen molar-refractivity contribution >= 4 is 5.91 Å². The van der Waals surface area contributed by atoms with Crippen molar-refractivity contribution in [3.63, 3.8) is 0 Å². The normalized spacial score (nSPS) is 21.7. The molecule has 1 fully saturated rings. The molecule has 0 heterocycles. The van der Waals surface area contributed by atoms with Crippen LogP contribution < -0.4 is 11.1 Å². The zero-order valence-corrected chi connectivity index (χ0v) is 9.59. The van der Waals surface area contributed by atoms with E-state index in [9.17, 15) is 4.79 Å². The third-order valence-corrected chi connectivity index (χ3v) is 3.10. The molecule has 3 heteroatoms. The minimum atomic E-state index is -0.617. The first-order valence-electron chi connectivity index (χ1n) is 5.79. The molecule has 1 amide bonds. The average Bonchev–Trinajstić information content (AvgIpc) is 2.19. The van der Waals surface area contributed by atoms with Crippen molar-refractivity contribution in [2.45, 2.75) is 57.0 Å². The summed E-state index contributed by atoms with van der Waals surface area (Å²) >= 11 is 0. The van der Waals surface area contributed by atoms with Gasteiger partial charge in [0.1, 0.15) is 0 Å². The lowest BCUT2D eigenvalue weighted by atomic mass is 9.81. The Hall–Kier alpha value is -0.830. The molecule has 0 bridgehead atoms. The Bertz CT molecular complexity index is 232. The summed E-state index contributed by atoms with van der Waals surface area (Å²) in [5.41, 5.74) is 5.49. The van der Waals surface area contributed by atoms with Gasteiger partial charge in [-0.05, 0) is 26.2 Å². The fraction of sp³-hybridized carbons (Fsp3) is 0.750. The predicted molar refractivity (Wildman–Crippen MR) is 62.4 cm³/mol. The SMILES string of the molecule is C=CCC(C)NC(=O)C1(N)CCCCC1. The van der Waals surface area contributed by atoms with Crippen LogP contribution in [0.2, 0.25) is 0 Å². The first-order valence-corrected chi connectivity index (χ1v) is 5.79. The number of amides is 1. The fourth-order valence-electron chi connectivity index (χ4n) is 2.09. The van der Waals surface area contributed by atoms with Gasteiger partial charge in [-0.15, -0.1) is 6.58 Å². The van der Waals surface area contributed by atoms with E-state index in [1.165, 1.54) is 6.42 Å². The Morgan fingerprint density at radius 3 is 2.67 bits per heavy atom. The molecule has 1 aliphatic carbocycles. The maximum absolute atomic E-state index is 11.9. The number of nitrogens with two attached hydrogens (primary N) is 1. The maximum Gasteiger partial charge on any atom is 0.240 e. The third kappa shape index (κ3) is 3.34. The summed E-state index contributed by atoms with van der Waals surface area (Å²) in [7, 11) is 0. The van der Waals surface area contributed by atoms with Gasteiger partial charge in [-0.25, -0.2) is 0 Å². The van der Waals surface area contributed by atoms with Crippen LogP contribution in [0, 0.1) is 0 Å². The van der Waals surface area contributed by atoms with E-state index in [0.717, 1.165) is 32.1 Å². The van der Waals surface area contributed by atoms with Gasteiger partial charge < -0.3 is 11.1 Å². The van der Waals surface area contributed by atoms with Crippen LogP contribution >= 0.6 is 0 Å². The zero-order valence-electron chi connectivity index (χ0n) is 9.59. The topological polar surface area (TPSA) is 55.1 Å². The van der Waals surface area contributed by atoms with E-state index >= 15 is 0 Å². The number of nitrogens with one attached hydrogen (secondary N) is 1. The highest BCUT2D eigenvalue weighted by atomic mass is 16.2. The predicted octanol–water partition coefficient (Wildman–Crippen LogP) is 1.73. The molecule has 0 saturated heterocycles. The number of carbonyl (C=O) groups is 1. The first-order chi connectivity index (χ1) is 7.08. The summed E-state index contributed by atoms with van der Waals surface area (Å²) in [6.07, 6.45) is 7.59. The van der Waals surface area contributed by atoms with Crippen LogP contribution in [0.15, 0.2) is 12.7 Å². The molecule has 0 aromatic rings. The first kappa shape index (κ1) is 12.2. The highest BCUT2D eigenvalue weighted by molar-refractivity contribution is 5.86. The molecule has 86 valence electrons. The van der Waals surface area contributed by atoms with Gasteiger partial charge in [0, 0.05) is 6.04 Å². The highest BCUT2D eigenvalue weighted by Crippen LogP contribution is 2.26. The van der Waals surface area contributed by atoms with Gasteiger partial charge in [-0.2, -0.15) is 0 Å². The van der Waals surface area contributed by atoms with E-state index in [0.29, 0.717) is 0 Å². The highest BCUT2D eigenvalue weighted by Gasteiger charge is 2.35. The van der Waals surface area contributed by atoms with Gasteiger partial charge in [-0.1, -0.05) is 25.3 Å². The van der Waals surface area contributed by atoms with Crippen molar-refractivity contribution < 1.29 is 4.79 Å². The minimum absolute atomic E-state index is 0.0107. The second-order valence-corrected chi connectivity index (χ2v) is 4.62. The van der Waals surface area contributed by atoms with Crippen molar-refractivity contribution in [2.24, 2.45) is 5.73 Å². The molecule has 0 spiro atoms. The smallest absolute Gasteiger partial charge is 0.240 e. The molecule has 0 aliphatic heterocycles. The molecule has 1 saturated carbocycles. The molecule has 1 aliphatic rings. The molecule has 15 heavy (non-hydrogen) atoms. The summed E-state index contributed by atoms with van der Waals surface area (Å²) in [4.78, 5) is 11.9. The third-order valence-electron chi connectivity index (χ3n) is 3.10. The van der Waals surface area contributed by atoms with Crippen LogP contribution in [0.3, 0.4) is 0 Å². The van der Waals surface area contributed by atoms with E-state index < -0.39 is 5.54 Å². The van der Waals surface area contributed by atoms with E-state index in [2.05, 4.69) is 11.9 Å². The molecule has 0 radical (unpaired) electrons. The van der Waals surface area contributed by atoms with Crippen LogP contribution in [0.25, 0.3) is 0 Å². The maximum atomic E-state index is 11.9. The van der Waals surface area contributed by atoms with Gasteiger partial charge in [0.25, 0.3) is 0 Å². The number of hydrogen-bond acceptors (Lipinski definition) is 2. The lowest BCUT2D eigenvalue weighted by molar-refractivity contribution is -0.128. The molecule has 1 unspecified atom stereocenters. The second kappa shape index (κ2) is 5.31. The quantitative estimate of drug-likeness (QED) is 0.694. The largest absolute Gasteiger partial charge is 0.352 e. The summed E-state index contributed by atoms with van der Waals surface area (Å²) in [5.74, 6) is 0.0107. The summed E-state index contributed by atoms with van der Waals surface area (Å²) in [5, 5.41) is 2.96. The van der Waals surface area contributed by atoms with Gasteiger partial charge in [-0.3, -0.25) is 4.79 Å². The zero-order chi connectivity index (χ0) is 11.3. The van der Waals surface area contributed by atoms with Gasteiger partial charge in [0.05, 0.1) is 5.54 Å². The molecule has 0 aromatic heterocycles. The van der Waals surface area contributed by atoms with Crippen LogP contribution in [0.4, 0.5) is 0 Å². The van der Waals surface area contributed by atoms with Gasteiger partial charge >= 0.3 is 0 Å². The van der Waals surface area contributed by atoms with Crippen molar-refractivity contribution in [3.8, 4) is 0 Å². The Morgan fingerprint density at radius 1 is 1.53 bits per heavy atom. The summed E-state index contributed by atoms with van der Waals surface area (Å²) in [6.45, 7) is 5.63. The Kier molecular flexibility index (Phi) is 4.33. The van der Waals surface area contributed by atoms with E-state index in [-0.39, 0.29) is 11.9 Å². The minimum Gasteiger partial charge on any atom is -0.352 e. The van der Waals surface area contributed by atoms with E-state index in [1.54, 1.807) is 0 Å². The molecule has 3 N–H and O–H groups in total. The van der Waals surface area contributed by atoms with Crippen molar-refractivity contribution in [1.82, 2.24) is 5.32 Å². The number of carbonyl (C=O) groups excluding carboxylic acids is 1. The fourth-order valence-corrected chi connectivity index (χ4v) is 2.09. The molecule has 1 atom stereocenters. The van der Waals surface area contributed by atoms with Gasteiger partial charge in [0.2, 0.25) is 5.91 Å². The summed E-state index contributed by atoms with van der Waals surface area (Å²) < 4.78 is 0. The Balaban J connectivity index is 2.47. The van der Waals surface area contributed by atoms with Gasteiger partial charge in [0.15, 0.2) is 0 Å². The van der Waals surface area contributed by atoms with Crippen molar-refractivity contribution in [2.75, 3.05) is 0 Å². The lowest BCUT2D eigenvalue weighted by Crippen LogP contribution is -2.56. The number of hydrogen-bond donors (Lipinski definition) is 2. The summed E-state index contributed by atoms with van der Waals surface area (Å²) in [6, 6.07) is 0.136. The van der Waals surface area contributed by atoms with Crippen LogP contribution in [-0.2, 0) is 4.79 Å². The second-order valence-electron chi connectivity index (χ2n) is 4.62. The standard InChI is InChI=1S/C12H22N2O/c1-3-7-10(2)14-11(15)12(13)8-5-4-6-9-12/h3,10H,1,4-9,13H2,2H3,(H,14,15). The van der Waals surface area contributed by atoms with Crippen LogP contribution in [0.5, 0.6) is 0 Å². The molecule has 3 nitrogen and oxygen atoms in total. The molecular formula is C12H22N2O. The Morgan fingerprint density at radius 2 is 2.13 bits per heavy atom. The lowest BCUT2D eigenvalue weighted by Gasteiger charge is -2.32. The molecular weight excluding hydrogens is 188 g/mol. The van der Waals surface area contributed by atoms with Crippen LogP contribution in [0.1, 0.15) is 45.4 Å². The molecule has 1 rings (SSSR count). The molecule has 0 aromatic carbocycles. The Labute approximate surface area is 92.1 Å².